The minimum atomic E-state index is -1.04. The van der Waals surface area contributed by atoms with Crippen LogP contribution in [0.5, 0.6) is 0 Å². The molecule has 8 nitrogen and oxygen atoms in total. The first-order valence-corrected chi connectivity index (χ1v) is 6.77. The maximum Gasteiger partial charge on any atom is 0.329 e. The summed E-state index contributed by atoms with van der Waals surface area (Å²) in [6.45, 7) is 0.480. The van der Waals surface area contributed by atoms with Gasteiger partial charge in [0.15, 0.2) is 6.04 Å². The van der Waals surface area contributed by atoms with Crippen LogP contribution < -0.4 is 4.90 Å². The Hall–Kier alpha value is -2.26. The van der Waals surface area contributed by atoms with Crippen molar-refractivity contribution in [3.05, 3.63) is 29.0 Å². The van der Waals surface area contributed by atoms with E-state index in [1.807, 2.05) is 0 Å². The van der Waals surface area contributed by atoms with Crippen LogP contribution in [-0.2, 0) is 4.79 Å². The van der Waals surface area contributed by atoms with Crippen LogP contribution in [0.15, 0.2) is 24.3 Å². The van der Waals surface area contributed by atoms with E-state index in [1.54, 1.807) is 29.2 Å². The van der Waals surface area contributed by atoms with Crippen LogP contribution in [-0.4, -0.2) is 55.1 Å². The molecular formula is C12H13N5O3S. The SMILES string of the molecule is O=C(O)C1C(O)CCN1c1cccc(-n2[nH]nnc2=S)c1. The van der Waals surface area contributed by atoms with Gasteiger partial charge in [-0.25, -0.2) is 9.48 Å². The largest absolute Gasteiger partial charge is 0.480 e. The summed E-state index contributed by atoms with van der Waals surface area (Å²) in [5, 5.41) is 29.0. The van der Waals surface area contributed by atoms with Crippen LogP contribution in [0.2, 0.25) is 0 Å². The molecule has 0 saturated carbocycles. The molecule has 2 unspecified atom stereocenters. The molecule has 0 spiro atoms. The van der Waals surface area contributed by atoms with Gasteiger partial charge in [-0.1, -0.05) is 16.4 Å². The number of H-pyrrole nitrogens is 1. The number of carbonyl (C=O) groups is 1. The van der Waals surface area contributed by atoms with Crippen molar-refractivity contribution in [1.82, 2.24) is 20.2 Å². The highest BCUT2D eigenvalue weighted by Gasteiger charge is 2.38. The molecule has 1 aliphatic rings. The van der Waals surface area contributed by atoms with Gasteiger partial charge in [0.2, 0.25) is 4.77 Å². The average Bonchev–Trinajstić information content (AvgIpc) is 3.05. The van der Waals surface area contributed by atoms with Gasteiger partial charge in [-0.05, 0) is 36.8 Å². The zero-order chi connectivity index (χ0) is 15.0. The Kier molecular flexibility index (Phi) is 3.43. The van der Waals surface area contributed by atoms with Crippen LogP contribution in [0.3, 0.4) is 0 Å². The highest BCUT2D eigenvalue weighted by molar-refractivity contribution is 7.71. The second-order valence-electron chi connectivity index (χ2n) is 4.77. The lowest BCUT2D eigenvalue weighted by atomic mass is 10.1. The molecule has 2 aromatic rings. The number of benzene rings is 1. The summed E-state index contributed by atoms with van der Waals surface area (Å²) in [5.74, 6) is -1.04. The maximum atomic E-state index is 11.3. The van der Waals surface area contributed by atoms with Crippen molar-refractivity contribution < 1.29 is 15.0 Å². The Labute approximate surface area is 124 Å². The summed E-state index contributed by atoms with van der Waals surface area (Å²) in [4.78, 5) is 13.0. The predicted octanol–water partition coefficient (Wildman–Crippen LogP) is 0.349. The van der Waals surface area contributed by atoms with Gasteiger partial charge in [0.25, 0.3) is 0 Å². The topological polar surface area (TPSA) is 107 Å². The number of nitrogens with one attached hydrogen (secondary N) is 1. The van der Waals surface area contributed by atoms with Gasteiger partial charge < -0.3 is 15.1 Å². The molecule has 1 aromatic carbocycles. The number of rotatable bonds is 3. The highest BCUT2D eigenvalue weighted by Crippen LogP contribution is 2.27. The number of aromatic nitrogens is 4. The summed E-state index contributed by atoms with van der Waals surface area (Å²) in [6.07, 6.45) is -0.450. The number of aliphatic hydroxyl groups excluding tert-OH is 1. The van der Waals surface area contributed by atoms with Gasteiger partial charge in [0, 0.05) is 12.2 Å². The molecule has 110 valence electrons. The van der Waals surface area contributed by atoms with Gasteiger partial charge in [0.05, 0.1) is 11.8 Å². The quantitative estimate of drug-likeness (QED) is 0.702. The molecule has 2 heterocycles. The third kappa shape index (κ3) is 2.41. The van der Waals surface area contributed by atoms with Crippen molar-refractivity contribution in [3.8, 4) is 5.69 Å². The van der Waals surface area contributed by atoms with Crippen LogP contribution in [0.1, 0.15) is 6.42 Å². The van der Waals surface area contributed by atoms with E-state index >= 15 is 0 Å². The minimum absolute atomic E-state index is 0.281. The van der Waals surface area contributed by atoms with E-state index in [0.717, 1.165) is 0 Å². The van der Waals surface area contributed by atoms with E-state index < -0.39 is 18.1 Å². The Morgan fingerprint density at radius 3 is 2.86 bits per heavy atom. The fourth-order valence-corrected chi connectivity index (χ4v) is 2.73. The molecule has 1 fully saturated rings. The molecule has 21 heavy (non-hydrogen) atoms. The highest BCUT2D eigenvalue weighted by atomic mass is 32.1. The first-order valence-electron chi connectivity index (χ1n) is 6.36. The summed E-state index contributed by atoms with van der Waals surface area (Å²) in [5.41, 5.74) is 1.40. The van der Waals surface area contributed by atoms with Gasteiger partial charge in [-0.15, -0.1) is 0 Å². The van der Waals surface area contributed by atoms with Crippen molar-refractivity contribution >= 4 is 23.9 Å². The van der Waals surface area contributed by atoms with E-state index in [4.69, 9.17) is 12.2 Å². The van der Waals surface area contributed by atoms with Crippen LogP contribution in [0, 0.1) is 4.77 Å². The Bertz CT molecular complexity index is 727. The number of anilines is 1. The zero-order valence-corrected chi connectivity index (χ0v) is 11.7. The lowest BCUT2D eigenvalue weighted by molar-refractivity contribution is -0.140. The summed E-state index contributed by atoms with van der Waals surface area (Å²) < 4.78 is 1.80. The van der Waals surface area contributed by atoms with Crippen LogP contribution in [0.25, 0.3) is 5.69 Å². The number of tetrazole rings is 1. The number of aliphatic hydroxyl groups is 1. The number of aliphatic carboxylic acids is 1. The molecule has 0 bridgehead atoms. The lowest BCUT2D eigenvalue weighted by Gasteiger charge is -2.25. The van der Waals surface area contributed by atoms with Crippen molar-refractivity contribution in [3.63, 3.8) is 0 Å². The Morgan fingerprint density at radius 2 is 2.19 bits per heavy atom. The number of nitrogens with zero attached hydrogens (tertiary/aromatic N) is 4. The number of carboxylic acids is 1. The molecule has 1 aromatic heterocycles. The number of hydrogen-bond acceptors (Lipinski definition) is 6. The first-order chi connectivity index (χ1) is 10.1. The van der Waals surface area contributed by atoms with Crippen molar-refractivity contribution in [2.24, 2.45) is 0 Å². The minimum Gasteiger partial charge on any atom is -0.480 e. The number of hydrogen-bond donors (Lipinski definition) is 3. The van der Waals surface area contributed by atoms with Crippen molar-refractivity contribution in [2.75, 3.05) is 11.4 Å². The molecule has 3 rings (SSSR count). The Morgan fingerprint density at radius 1 is 1.43 bits per heavy atom. The molecule has 2 atom stereocenters. The smallest absolute Gasteiger partial charge is 0.329 e. The Balaban J connectivity index is 1.99. The molecule has 1 aliphatic heterocycles. The van der Waals surface area contributed by atoms with Crippen LogP contribution >= 0.6 is 12.2 Å². The predicted molar refractivity (Wildman–Crippen MR) is 75.9 cm³/mol. The maximum absolute atomic E-state index is 11.3. The second kappa shape index (κ2) is 5.26. The van der Waals surface area contributed by atoms with E-state index in [0.29, 0.717) is 24.3 Å². The van der Waals surface area contributed by atoms with Crippen molar-refractivity contribution in [1.29, 1.82) is 0 Å². The lowest BCUT2D eigenvalue weighted by Crippen LogP contribution is -2.42. The first kappa shape index (κ1) is 13.7. The molecule has 0 aliphatic carbocycles. The average molecular weight is 307 g/mol. The van der Waals surface area contributed by atoms with Gasteiger partial charge in [-0.3, -0.25) is 0 Å². The molecule has 3 N–H and O–H groups in total. The van der Waals surface area contributed by atoms with E-state index in [2.05, 4.69) is 15.5 Å². The molecule has 9 heteroatoms. The monoisotopic (exact) mass is 307 g/mol. The third-order valence-electron chi connectivity index (χ3n) is 3.51. The molecule has 0 amide bonds. The number of aromatic amines is 1. The van der Waals surface area contributed by atoms with E-state index in [1.165, 1.54) is 4.68 Å². The van der Waals surface area contributed by atoms with Gasteiger partial charge >= 0.3 is 5.97 Å². The second-order valence-corrected chi connectivity index (χ2v) is 5.14. The van der Waals surface area contributed by atoms with Crippen LogP contribution in [0.4, 0.5) is 5.69 Å². The molecule has 1 saturated heterocycles. The standard InChI is InChI=1S/C12H13N5O3S/c18-9-4-5-16(10(9)11(19)20)7-2-1-3-8(6-7)17-12(21)13-14-15-17/h1-3,6,9-10,18H,4-5H2,(H,19,20)(H,13,15,21). The fraction of sp³-hybridized carbons (Fsp3) is 0.333. The summed E-state index contributed by atoms with van der Waals surface area (Å²) in [7, 11) is 0. The summed E-state index contributed by atoms with van der Waals surface area (Å²) in [6, 6.07) is 6.24. The normalized spacial score (nSPS) is 21.7. The third-order valence-corrected chi connectivity index (χ3v) is 3.77. The zero-order valence-electron chi connectivity index (χ0n) is 10.9. The van der Waals surface area contributed by atoms with Gasteiger partial charge in [0.1, 0.15) is 0 Å². The van der Waals surface area contributed by atoms with E-state index in [-0.39, 0.29) is 4.77 Å². The van der Waals surface area contributed by atoms with Crippen molar-refractivity contribution in [2.45, 2.75) is 18.6 Å². The molecular weight excluding hydrogens is 294 g/mol. The molecule has 0 radical (unpaired) electrons. The van der Waals surface area contributed by atoms with Gasteiger partial charge in [-0.2, -0.15) is 5.21 Å². The van der Waals surface area contributed by atoms with E-state index in [9.17, 15) is 15.0 Å². The summed E-state index contributed by atoms with van der Waals surface area (Å²) >= 11 is 5.04. The fourth-order valence-electron chi connectivity index (χ4n) is 2.54. The number of carboxylic acid groups (broad SMARTS) is 1.